The highest BCUT2D eigenvalue weighted by Crippen LogP contribution is 2.36. The number of hydrogen-bond acceptors (Lipinski definition) is 5. The van der Waals surface area contributed by atoms with Crippen LogP contribution in [-0.4, -0.2) is 32.1 Å². The second-order valence-corrected chi connectivity index (χ2v) is 8.43. The van der Waals surface area contributed by atoms with Crippen molar-refractivity contribution >= 4 is 38.4 Å². The van der Waals surface area contributed by atoms with E-state index in [0.29, 0.717) is 22.1 Å². The SMILES string of the molecule is C=C(C)c1cc2c(C(=O)NC)c(-c3ccc(F)cc3)oc2nc1NS(=O)(=O)CC. The van der Waals surface area contributed by atoms with Crippen molar-refractivity contribution in [3.05, 3.63) is 53.9 Å². The lowest BCUT2D eigenvalue weighted by Gasteiger charge is -2.11. The van der Waals surface area contributed by atoms with Gasteiger partial charge in [-0.25, -0.2) is 12.8 Å². The van der Waals surface area contributed by atoms with Crippen LogP contribution in [0.15, 0.2) is 41.3 Å². The van der Waals surface area contributed by atoms with Gasteiger partial charge in [0.25, 0.3) is 5.91 Å². The summed E-state index contributed by atoms with van der Waals surface area (Å²) in [5.41, 5.74) is 1.76. The van der Waals surface area contributed by atoms with Crippen LogP contribution in [0.1, 0.15) is 29.8 Å². The van der Waals surface area contributed by atoms with Gasteiger partial charge in [-0.1, -0.05) is 6.58 Å². The number of allylic oxidation sites excluding steroid dienone is 1. The minimum Gasteiger partial charge on any atom is -0.437 e. The van der Waals surface area contributed by atoms with Crippen molar-refractivity contribution in [2.24, 2.45) is 0 Å². The second kappa shape index (κ2) is 7.67. The summed E-state index contributed by atoms with van der Waals surface area (Å²) in [6, 6.07) is 7.09. The van der Waals surface area contributed by atoms with Crippen molar-refractivity contribution in [3.63, 3.8) is 0 Å². The van der Waals surface area contributed by atoms with Gasteiger partial charge in [-0.2, -0.15) is 4.98 Å². The highest BCUT2D eigenvalue weighted by molar-refractivity contribution is 7.92. The molecule has 0 bridgehead atoms. The smallest absolute Gasteiger partial charge is 0.255 e. The van der Waals surface area contributed by atoms with Crippen LogP contribution in [0.25, 0.3) is 28.0 Å². The highest BCUT2D eigenvalue weighted by Gasteiger charge is 2.25. The lowest BCUT2D eigenvalue weighted by molar-refractivity contribution is 0.0964. The fourth-order valence-electron chi connectivity index (χ4n) is 2.80. The number of anilines is 1. The van der Waals surface area contributed by atoms with Crippen molar-refractivity contribution < 1.29 is 22.0 Å². The van der Waals surface area contributed by atoms with Crippen molar-refractivity contribution in [2.45, 2.75) is 13.8 Å². The number of fused-ring (bicyclic) bond motifs is 1. The molecule has 0 radical (unpaired) electrons. The largest absolute Gasteiger partial charge is 0.437 e. The molecule has 29 heavy (non-hydrogen) atoms. The Kier molecular flexibility index (Phi) is 5.43. The maximum absolute atomic E-state index is 13.3. The number of furan rings is 1. The third kappa shape index (κ3) is 4.00. The molecule has 0 aliphatic heterocycles. The number of nitrogens with one attached hydrogen (secondary N) is 2. The Morgan fingerprint density at radius 3 is 2.48 bits per heavy atom. The van der Waals surface area contributed by atoms with Crippen LogP contribution >= 0.6 is 0 Å². The molecule has 0 atom stereocenters. The molecule has 7 nitrogen and oxygen atoms in total. The number of amides is 1. The lowest BCUT2D eigenvalue weighted by Crippen LogP contribution is -2.18. The topological polar surface area (TPSA) is 101 Å². The first-order valence-electron chi connectivity index (χ1n) is 8.78. The molecule has 9 heteroatoms. The molecular formula is C20H20FN3O4S. The zero-order chi connectivity index (χ0) is 21.3. The fourth-order valence-corrected chi connectivity index (χ4v) is 3.40. The summed E-state index contributed by atoms with van der Waals surface area (Å²) in [6.45, 7) is 7.08. The molecular weight excluding hydrogens is 397 g/mol. The maximum Gasteiger partial charge on any atom is 0.255 e. The van der Waals surface area contributed by atoms with Crippen LogP contribution in [0.2, 0.25) is 0 Å². The summed E-state index contributed by atoms with van der Waals surface area (Å²) in [7, 11) is -2.12. The van der Waals surface area contributed by atoms with E-state index in [-0.39, 0.29) is 28.6 Å². The Bertz CT molecular complexity index is 1210. The molecule has 2 heterocycles. The minimum atomic E-state index is -3.59. The Hall–Kier alpha value is -3.20. The molecule has 3 aromatic rings. The number of sulfonamides is 1. The fraction of sp³-hybridized carbons (Fsp3) is 0.200. The minimum absolute atomic E-state index is 0.0645. The zero-order valence-electron chi connectivity index (χ0n) is 16.2. The van der Waals surface area contributed by atoms with Gasteiger partial charge in [-0.05, 0) is 49.8 Å². The molecule has 0 aliphatic carbocycles. The van der Waals surface area contributed by atoms with E-state index >= 15 is 0 Å². The predicted molar refractivity (Wildman–Crippen MR) is 111 cm³/mol. The van der Waals surface area contributed by atoms with Gasteiger partial charge in [0.2, 0.25) is 15.7 Å². The van der Waals surface area contributed by atoms with Gasteiger partial charge in [0.1, 0.15) is 11.6 Å². The lowest BCUT2D eigenvalue weighted by atomic mass is 10.0. The average molecular weight is 417 g/mol. The predicted octanol–water partition coefficient (Wildman–Crippen LogP) is 3.79. The molecule has 0 saturated carbocycles. The number of halogens is 1. The Labute approximate surface area is 167 Å². The zero-order valence-corrected chi connectivity index (χ0v) is 17.0. The third-order valence-corrected chi connectivity index (χ3v) is 5.60. The number of nitrogens with zero attached hydrogens (tertiary/aromatic N) is 1. The second-order valence-electron chi connectivity index (χ2n) is 6.42. The normalized spacial score (nSPS) is 11.4. The molecule has 0 spiro atoms. The van der Waals surface area contributed by atoms with Crippen molar-refractivity contribution in [1.29, 1.82) is 0 Å². The first-order valence-corrected chi connectivity index (χ1v) is 10.4. The van der Waals surface area contributed by atoms with Crippen molar-refractivity contribution in [1.82, 2.24) is 10.3 Å². The Balaban J connectivity index is 2.32. The molecule has 1 aromatic carbocycles. The summed E-state index contributed by atoms with van der Waals surface area (Å²) in [4.78, 5) is 16.9. The third-order valence-electron chi connectivity index (χ3n) is 4.34. The van der Waals surface area contributed by atoms with E-state index in [1.54, 1.807) is 13.0 Å². The van der Waals surface area contributed by atoms with Gasteiger partial charge in [0.05, 0.1) is 16.7 Å². The number of carbonyl (C=O) groups excluding carboxylic acids is 1. The first kappa shape index (κ1) is 20.5. The van der Waals surface area contributed by atoms with E-state index in [4.69, 9.17) is 4.42 Å². The van der Waals surface area contributed by atoms with Crippen LogP contribution < -0.4 is 10.0 Å². The number of benzene rings is 1. The van der Waals surface area contributed by atoms with Crippen molar-refractivity contribution in [2.75, 3.05) is 17.5 Å². The molecule has 1 amide bonds. The number of hydrogen-bond donors (Lipinski definition) is 2. The average Bonchev–Trinajstić information content (AvgIpc) is 3.05. The van der Waals surface area contributed by atoms with E-state index < -0.39 is 21.7 Å². The van der Waals surface area contributed by atoms with Gasteiger partial charge in [0, 0.05) is 18.2 Å². The number of rotatable bonds is 6. The van der Waals surface area contributed by atoms with Gasteiger partial charge < -0.3 is 9.73 Å². The van der Waals surface area contributed by atoms with Crippen LogP contribution in [0.5, 0.6) is 0 Å². The molecule has 0 saturated heterocycles. The van der Waals surface area contributed by atoms with E-state index in [1.165, 1.54) is 38.2 Å². The number of carbonyl (C=O) groups is 1. The van der Waals surface area contributed by atoms with E-state index in [9.17, 15) is 17.6 Å². The van der Waals surface area contributed by atoms with E-state index in [2.05, 4.69) is 21.6 Å². The maximum atomic E-state index is 13.3. The molecule has 0 aliphatic rings. The van der Waals surface area contributed by atoms with Gasteiger partial charge in [-0.3, -0.25) is 9.52 Å². The monoisotopic (exact) mass is 417 g/mol. The summed E-state index contributed by atoms with van der Waals surface area (Å²) < 4.78 is 45.7. The molecule has 2 N–H and O–H groups in total. The molecule has 0 fully saturated rings. The van der Waals surface area contributed by atoms with Crippen LogP contribution in [0.3, 0.4) is 0 Å². The van der Waals surface area contributed by atoms with Crippen LogP contribution in [0, 0.1) is 5.82 Å². The first-order chi connectivity index (χ1) is 13.7. The van der Waals surface area contributed by atoms with Gasteiger partial charge in [0.15, 0.2) is 5.82 Å². The summed E-state index contributed by atoms with van der Waals surface area (Å²) in [6.07, 6.45) is 0. The molecule has 0 unspecified atom stereocenters. The molecule has 2 aromatic heterocycles. The summed E-state index contributed by atoms with van der Waals surface area (Å²) >= 11 is 0. The quantitative estimate of drug-likeness (QED) is 0.635. The summed E-state index contributed by atoms with van der Waals surface area (Å²) in [5.74, 6) is -0.709. The van der Waals surface area contributed by atoms with Crippen molar-refractivity contribution in [3.8, 4) is 11.3 Å². The van der Waals surface area contributed by atoms with E-state index in [1.807, 2.05) is 0 Å². The van der Waals surface area contributed by atoms with Gasteiger partial charge >= 0.3 is 0 Å². The standard InChI is InChI=1S/C20H20FN3O4S/c1-5-29(26,27)24-18-14(11(2)3)10-15-16(19(25)22-4)17(28-20(15)23-18)12-6-8-13(21)9-7-12/h6-10H,2,5H2,1,3-4H3,(H,22,25)(H,23,24). The Morgan fingerprint density at radius 1 is 1.28 bits per heavy atom. The number of aromatic nitrogens is 1. The summed E-state index contributed by atoms with van der Waals surface area (Å²) in [5, 5.41) is 2.95. The highest BCUT2D eigenvalue weighted by atomic mass is 32.2. The van der Waals surface area contributed by atoms with Gasteiger partial charge in [-0.15, -0.1) is 0 Å². The van der Waals surface area contributed by atoms with Crippen LogP contribution in [0.4, 0.5) is 10.2 Å². The van der Waals surface area contributed by atoms with Crippen LogP contribution in [-0.2, 0) is 10.0 Å². The Morgan fingerprint density at radius 2 is 1.93 bits per heavy atom. The molecule has 3 rings (SSSR count). The number of pyridine rings is 1. The molecule has 152 valence electrons. The van der Waals surface area contributed by atoms with E-state index in [0.717, 1.165) is 0 Å².